The molecule has 0 spiro atoms. The van der Waals surface area contributed by atoms with Gasteiger partial charge in [-0.1, -0.05) is 0 Å². The average molecular weight is 198 g/mol. The first-order chi connectivity index (χ1) is 5.91. The van der Waals surface area contributed by atoms with Crippen molar-refractivity contribution >= 4 is 0 Å². The zero-order chi connectivity index (χ0) is 10.2. The second kappa shape index (κ2) is 3.45. The number of alkyl halides is 2. The second-order valence-corrected chi connectivity index (χ2v) is 2.99. The number of halogens is 2. The molecule has 1 aliphatic rings. The highest BCUT2D eigenvalue weighted by molar-refractivity contribution is 4.93. The molecule has 1 heterocycles. The molecule has 0 amide bonds. The lowest BCUT2D eigenvalue weighted by Crippen LogP contribution is -2.61. The third kappa shape index (κ3) is 1.67. The lowest BCUT2D eigenvalue weighted by atomic mass is 9.99. The minimum absolute atomic E-state index is 1.11. The number of rotatable bonds is 1. The van der Waals surface area contributed by atoms with Gasteiger partial charge in [0.15, 0.2) is 12.4 Å². The molecule has 78 valence electrons. The van der Waals surface area contributed by atoms with Gasteiger partial charge in [-0.05, 0) is 6.92 Å². The molecule has 0 radical (unpaired) electrons. The number of hydrogen-bond donors (Lipinski definition) is 2. The van der Waals surface area contributed by atoms with Crippen LogP contribution in [0, 0.1) is 0 Å². The molecule has 2 N–H and O–H groups in total. The van der Waals surface area contributed by atoms with Crippen molar-refractivity contribution in [1.82, 2.24) is 0 Å². The van der Waals surface area contributed by atoms with Crippen LogP contribution in [-0.2, 0) is 9.47 Å². The van der Waals surface area contributed by atoms with E-state index in [0.717, 1.165) is 6.92 Å². The van der Waals surface area contributed by atoms with Crippen LogP contribution in [0.25, 0.3) is 0 Å². The fourth-order valence-electron chi connectivity index (χ4n) is 1.18. The summed E-state index contributed by atoms with van der Waals surface area (Å²) < 4.78 is 35.1. The fraction of sp³-hybridized carbons (Fsp3) is 1.00. The van der Waals surface area contributed by atoms with Crippen molar-refractivity contribution in [3.63, 3.8) is 0 Å². The fourth-order valence-corrected chi connectivity index (χ4v) is 1.18. The normalized spacial score (nSPS) is 44.8. The van der Waals surface area contributed by atoms with E-state index in [1.165, 1.54) is 7.11 Å². The molecular weight excluding hydrogens is 186 g/mol. The Balaban J connectivity index is 2.79. The van der Waals surface area contributed by atoms with Gasteiger partial charge in [0, 0.05) is 7.11 Å². The highest BCUT2D eigenvalue weighted by Gasteiger charge is 2.55. The van der Waals surface area contributed by atoms with E-state index in [2.05, 4.69) is 9.47 Å². The maximum Gasteiger partial charge on any atom is 0.301 e. The molecule has 0 aromatic heterocycles. The summed E-state index contributed by atoms with van der Waals surface area (Å²) >= 11 is 0. The molecule has 0 saturated carbocycles. The molecule has 0 bridgehead atoms. The summed E-state index contributed by atoms with van der Waals surface area (Å²) in [7, 11) is 1.21. The van der Waals surface area contributed by atoms with Crippen LogP contribution in [-0.4, -0.2) is 47.8 Å². The molecule has 1 rings (SSSR count). The number of aliphatic hydroxyl groups is 2. The van der Waals surface area contributed by atoms with Gasteiger partial charge >= 0.3 is 5.92 Å². The maximum atomic E-state index is 13.0. The van der Waals surface area contributed by atoms with Crippen LogP contribution < -0.4 is 0 Å². The number of aliphatic hydroxyl groups excluding tert-OH is 2. The lowest BCUT2D eigenvalue weighted by Gasteiger charge is -2.40. The molecule has 0 aromatic carbocycles. The predicted octanol–water partition coefficient (Wildman–Crippen LogP) is -0.265. The van der Waals surface area contributed by atoms with Crippen molar-refractivity contribution in [2.75, 3.05) is 7.11 Å². The van der Waals surface area contributed by atoms with Crippen molar-refractivity contribution in [3.8, 4) is 0 Å². The minimum Gasteiger partial charge on any atom is -0.385 e. The van der Waals surface area contributed by atoms with Crippen molar-refractivity contribution < 1.29 is 28.5 Å². The van der Waals surface area contributed by atoms with Crippen LogP contribution in [0.5, 0.6) is 0 Å². The highest BCUT2D eigenvalue weighted by atomic mass is 19.3. The Hall–Kier alpha value is -0.300. The van der Waals surface area contributed by atoms with Crippen molar-refractivity contribution in [2.45, 2.75) is 37.4 Å². The van der Waals surface area contributed by atoms with Crippen LogP contribution >= 0.6 is 0 Å². The summed E-state index contributed by atoms with van der Waals surface area (Å²) in [6.45, 7) is 1.11. The van der Waals surface area contributed by atoms with Gasteiger partial charge in [0.1, 0.15) is 12.2 Å². The van der Waals surface area contributed by atoms with Gasteiger partial charge in [-0.2, -0.15) is 0 Å². The Morgan fingerprint density at radius 2 is 1.92 bits per heavy atom. The van der Waals surface area contributed by atoms with Gasteiger partial charge in [0.05, 0.1) is 0 Å². The molecule has 1 aliphatic heterocycles. The van der Waals surface area contributed by atoms with E-state index >= 15 is 0 Å². The second-order valence-electron chi connectivity index (χ2n) is 2.99. The minimum atomic E-state index is -3.45. The Kier molecular flexibility index (Phi) is 2.86. The molecule has 0 aromatic rings. The van der Waals surface area contributed by atoms with E-state index in [9.17, 15) is 8.78 Å². The Bertz CT molecular complexity index is 187. The van der Waals surface area contributed by atoms with Crippen LogP contribution in [0.3, 0.4) is 0 Å². The van der Waals surface area contributed by atoms with E-state index in [4.69, 9.17) is 10.2 Å². The zero-order valence-corrected chi connectivity index (χ0v) is 7.28. The molecule has 4 atom stereocenters. The van der Waals surface area contributed by atoms with Gasteiger partial charge in [0.25, 0.3) is 0 Å². The number of ether oxygens (including phenoxy) is 2. The van der Waals surface area contributed by atoms with Gasteiger partial charge in [-0.25, -0.2) is 8.78 Å². The maximum absolute atomic E-state index is 13.0. The van der Waals surface area contributed by atoms with E-state index in [-0.39, 0.29) is 0 Å². The van der Waals surface area contributed by atoms with E-state index in [0.29, 0.717) is 0 Å². The molecule has 4 nitrogen and oxygen atoms in total. The summed E-state index contributed by atoms with van der Waals surface area (Å²) in [5.41, 5.74) is 0. The molecule has 0 aliphatic carbocycles. The molecule has 1 fully saturated rings. The third-order valence-corrected chi connectivity index (χ3v) is 2.11. The molecule has 3 unspecified atom stereocenters. The highest BCUT2D eigenvalue weighted by Crippen LogP contribution is 2.34. The summed E-state index contributed by atoms with van der Waals surface area (Å²) in [4.78, 5) is 0. The quantitative estimate of drug-likeness (QED) is 0.609. The third-order valence-electron chi connectivity index (χ3n) is 2.11. The first-order valence-corrected chi connectivity index (χ1v) is 3.83. The van der Waals surface area contributed by atoms with E-state index in [1.54, 1.807) is 0 Å². The lowest BCUT2D eigenvalue weighted by molar-refractivity contribution is -0.331. The summed E-state index contributed by atoms with van der Waals surface area (Å²) in [5.74, 6) is -3.45. The average Bonchev–Trinajstić information content (AvgIpc) is 2.09. The van der Waals surface area contributed by atoms with Crippen molar-refractivity contribution in [2.24, 2.45) is 0 Å². The monoisotopic (exact) mass is 198 g/mol. The largest absolute Gasteiger partial charge is 0.385 e. The van der Waals surface area contributed by atoms with Crippen molar-refractivity contribution in [1.29, 1.82) is 0 Å². The number of hydrogen-bond acceptors (Lipinski definition) is 4. The smallest absolute Gasteiger partial charge is 0.301 e. The number of methoxy groups -OCH3 is 1. The molecular formula is C7H12F2O4. The van der Waals surface area contributed by atoms with Gasteiger partial charge in [-0.15, -0.1) is 0 Å². The molecule has 6 heteroatoms. The van der Waals surface area contributed by atoms with Gasteiger partial charge in [0.2, 0.25) is 0 Å². The summed E-state index contributed by atoms with van der Waals surface area (Å²) in [6.07, 6.45) is -6.56. The first-order valence-electron chi connectivity index (χ1n) is 3.83. The van der Waals surface area contributed by atoms with Crippen LogP contribution in [0.4, 0.5) is 8.78 Å². The first kappa shape index (κ1) is 10.8. The van der Waals surface area contributed by atoms with E-state index in [1.807, 2.05) is 0 Å². The predicted molar refractivity (Wildman–Crippen MR) is 38.3 cm³/mol. The van der Waals surface area contributed by atoms with Gasteiger partial charge in [-0.3, -0.25) is 0 Å². The summed E-state index contributed by atoms with van der Waals surface area (Å²) in [5, 5.41) is 18.1. The molecule has 1 saturated heterocycles. The zero-order valence-electron chi connectivity index (χ0n) is 7.28. The molecule has 13 heavy (non-hydrogen) atoms. The Labute approximate surface area is 74.1 Å². The summed E-state index contributed by atoms with van der Waals surface area (Å²) in [6, 6.07) is 0. The van der Waals surface area contributed by atoms with Crippen LogP contribution in [0.1, 0.15) is 6.92 Å². The van der Waals surface area contributed by atoms with Crippen molar-refractivity contribution in [3.05, 3.63) is 0 Å². The Morgan fingerprint density at radius 3 is 2.38 bits per heavy atom. The van der Waals surface area contributed by atoms with Gasteiger partial charge < -0.3 is 19.7 Å². The SMILES string of the molecule is CO[C@@H]1OC(C)C(F)(F)C(O)C1O. The Morgan fingerprint density at radius 1 is 1.38 bits per heavy atom. The van der Waals surface area contributed by atoms with Crippen LogP contribution in [0.15, 0.2) is 0 Å². The van der Waals surface area contributed by atoms with E-state index < -0.39 is 30.5 Å². The van der Waals surface area contributed by atoms with Crippen LogP contribution in [0.2, 0.25) is 0 Å². The standard InChI is InChI=1S/C7H12F2O4/c1-3-7(8,9)5(11)4(10)6(12-2)13-3/h3-6,10-11H,1-2H3/t3?,4?,5?,6-/m1/s1. The topological polar surface area (TPSA) is 58.9 Å².